The fraction of sp³-hybridized carbons (Fsp3) is 0.562. The average molecular weight is 316 g/mol. The zero-order chi connectivity index (χ0) is 16.1. The summed E-state index contributed by atoms with van der Waals surface area (Å²) >= 11 is 0. The van der Waals surface area contributed by atoms with Gasteiger partial charge < -0.3 is 10.1 Å². The second-order valence-corrected chi connectivity index (χ2v) is 6.10. The molecule has 0 amide bonds. The highest BCUT2D eigenvalue weighted by Crippen LogP contribution is 2.11. The van der Waals surface area contributed by atoms with E-state index in [0.717, 1.165) is 44.3 Å². The van der Waals surface area contributed by atoms with Gasteiger partial charge in [0, 0.05) is 44.6 Å². The Hall–Kier alpha value is -1.99. The minimum Gasteiger partial charge on any atom is -0.374 e. The van der Waals surface area contributed by atoms with Crippen LogP contribution in [-0.2, 0) is 11.3 Å². The Labute approximate surface area is 136 Å². The van der Waals surface area contributed by atoms with Crippen molar-refractivity contribution in [1.82, 2.24) is 24.9 Å². The number of morpholine rings is 1. The molecule has 7 nitrogen and oxygen atoms in total. The van der Waals surface area contributed by atoms with Crippen molar-refractivity contribution in [3.8, 4) is 0 Å². The Morgan fingerprint density at radius 3 is 3.04 bits per heavy atom. The third kappa shape index (κ3) is 4.49. The summed E-state index contributed by atoms with van der Waals surface area (Å²) in [5, 5.41) is 15.8. The van der Waals surface area contributed by atoms with E-state index in [-0.39, 0.29) is 6.10 Å². The first-order valence-electron chi connectivity index (χ1n) is 8.10. The molecule has 3 heterocycles. The summed E-state index contributed by atoms with van der Waals surface area (Å²) in [5.41, 5.74) is 1.11. The van der Waals surface area contributed by atoms with Gasteiger partial charge in [-0.05, 0) is 32.0 Å². The lowest BCUT2D eigenvalue weighted by Crippen LogP contribution is -2.44. The molecule has 0 aliphatic carbocycles. The average Bonchev–Trinajstić information content (AvgIpc) is 3.03. The Morgan fingerprint density at radius 2 is 2.30 bits per heavy atom. The van der Waals surface area contributed by atoms with Crippen LogP contribution in [0.1, 0.15) is 25.6 Å². The Kier molecular flexibility index (Phi) is 5.19. The number of anilines is 1. The van der Waals surface area contributed by atoms with Crippen molar-refractivity contribution in [2.24, 2.45) is 0 Å². The van der Waals surface area contributed by atoms with Gasteiger partial charge in [0.25, 0.3) is 0 Å². The molecule has 0 spiro atoms. The Bertz CT molecular complexity index is 600. The van der Waals surface area contributed by atoms with Crippen molar-refractivity contribution in [1.29, 1.82) is 0 Å². The maximum Gasteiger partial charge on any atom is 0.148 e. The highest BCUT2D eigenvalue weighted by atomic mass is 16.5. The molecule has 3 rings (SSSR count). The monoisotopic (exact) mass is 316 g/mol. The largest absolute Gasteiger partial charge is 0.374 e. The van der Waals surface area contributed by atoms with E-state index in [1.807, 2.05) is 23.0 Å². The summed E-state index contributed by atoms with van der Waals surface area (Å²) in [6.07, 6.45) is 3.87. The molecule has 0 saturated carbocycles. The number of hydrogen-bond acceptors (Lipinski definition) is 6. The molecule has 0 bridgehead atoms. The minimum absolute atomic E-state index is 0.151. The number of hydrogen-bond donors (Lipinski definition) is 1. The van der Waals surface area contributed by atoms with Crippen molar-refractivity contribution in [2.45, 2.75) is 32.5 Å². The molecule has 1 N–H and O–H groups in total. The van der Waals surface area contributed by atoms with E-state index in [9.17, 15) is 0 Å². The second kappa shape index (κ2) is 7.52. The molecule has 1 atom stereocenters. The highest BCUT2D eigenvalue weighted by molar-refractivity contribution is 5.31. The molecule has 1 aliphatic rings. The van der Waals surface area contributed by atoms with E-state index in [0.29, 0.717) is 6.04 Å². The number of nitrogens with zero attached hydrogens (tertiary/aromatic N) is 5. The van der Waals surface area contributed by atoms with E-state index >= 15 is 0 Å². The van der Waals surface area contributed by atoms with Gasteiger partial charge in [0.1, 0.15) is 5.82 Å². The summed E-state index contributed by atoms with van der Waals surface area (Å²) < 4.78 is 7.84. The lowest BCUT2D eigenvalue weighted by atomic mass is 10.2. The summed E-state index contributed by atoms with van der Waals surface area (Å²) in [4.78, 5) is 2.39. The van der Waals surface area contributed by atoms with Gasteiger partial charge in [0.15, 0.2) is 0 Å². The molecule has 124 valence electrons. The van der Waals surface area contributed by atoms with Gasteiger partial charge in [-0.2, -0.15) is 10.2 Å². The summed E-state index contributed by atoms with van der Waals surface area (Å²) in [7, 11) is 0. The van der Waals surface area contributed by atoms with Gasteiger partial charge in [0.05, 0.1) is 18.4 Å². The van der Waals surface area contributed by atoms with E-state index in [1.54, 1.807) is 6.20 Å². The van der Waals surface area contributed by atoms with Crippen molar-refractivity contribution in [2.75, 3.05) is 31.6 Å². The van der Waals surface area contributed by atoms with Crippen LogP contribution >= 0.6 is 0 Å². The minimum atomic E-state index is 0.151. The van der Waals surface area contributed by atoms with Crippen LogP contribution in [0.5, 0.6) is 0 Å². The zero-order valence-electron chi connectivity index (χ0n) is 13.7. The van der Waals surface area contributed by atoms with Crippen molar-refractivity contribution >= 4 is 5.82 Å². The Morgan fingerprint density at radius 1 is 1.39 bits per heavy atom. The fourth-order valence-corrected chi connectivity index (χ4v) is 2.64. The fourth-order valence-electron chi connectivity index (χ4n) is 2.64. The molecule has 1 unspecified atom stereocenters. The van der Waals surface area contributed by atoms with Crippen LogP contribution in [-0.4, -0.2) is 57.2 Å². The standard InChI is InChI=1S/C16H24N6O/c1-13(2)22-7-5-14(20-22)11-21-8-9-23-15(12-21)10-17-16-4-3-6-18-19-16/h3-7,13,15H,8-12H2,1-2H3,(H,17,19). The zero-order valence-corrected chi connectivity index (χ0v) is 13.7. The van der Waals surface area contributed by atoms with E-state index in [4.69, 9.17) is 4.74 Å². The normalized spacial score (nSPS) is 19.2. The topological polar surface area (TPSA) is 68.1 Å². The number of ether oxygens (including phenoxy) is 1. The molecule has 1 fully saturated rings. The van der Waals surface area contributed by atoms with E-state index in [1.165, 1.54) is 0 Å². The predicted octanol–water partition coefficient (Wildman–Crippen LogP) is 1.57. The molecular weight excluding hydrogens is 292 g/mol. The number of aromatic nitrogens is 4. The van der Waals surface area contributed by atoms with Gasteiger partial charge in [-0.3, -0.25) is 9.58 Å². The van der Waals surface area contributed by atoms with Crippen molar-refractivity contribution in [3.63, 3.8) is 0 Å². The molecule has 23 heavy (non-hydrogen) atoms. The van der Waals surface area contributed by atoms with Crippen molar-refractivity contribution in [3.05, 3.63) is 36.3 Å². The van der Waals surface area contributed by atoms with Crippen LogP contribution in [0.4, 0.5) is 5.82 Å². The van der Waals surface area contributed by atoms with Crippen LogP contribution < -0.4 is 5.32 Å². The van der Waals surface area contributed by atoms with E-state index in [2.05, 4.69) is 45.4 Å². The SMILES string of the molecule is CC(C)n1ccc(CN2CCOC(CNc3cccnn3)C2)n1. The van der Waals surface area contributed by atoms with Gasteiger partial charge in [-0.1, -0.05) is 0 Å². The van der Waals surface area contributed by atoms with Crippen LogP contribution in [0.25, 0.3) is 0 Å². The third-order valence-corrected chi connectivity index (χ3v) is 3.88. The molecule has 7 heteroatoms. The lowest BCUT2D eigenvalue weighted by molar-refractivity contribution is -0.0245. The summed E-state index contributed by atoms with van der Waals surface area (Å²) in [6.45, 7) is 8.45. The molecular formula is C16H24N6O. The molecule has 1 saturated heterocycles. The smallest absolute Gasteiger partial charge is 0.148 e. The molecule has 0 aromatic carbocycles. The van der Waals surface area contributed by atoms with Crippen LogP contribution in [0.15, 0.2) is 30.6 Å². The summed E-state index contributed by atoms with van der Waals surface area (Å²) in [6, 6.07) is 6.28. The molecule has 1 aliphatic heterocycles. The molecule has 0 radical (unpaired) electrons. The number of rotatable bonds is 6. The highest BCUT2D eigenvalue weighted by Gasteiger charge is 2.21. The first kappa shape index (κ1) is 15.9. The Balaban J connectivity index is 1.49. The summed E-state index contributed by atoms with van der Waals surface area (Å²) in [5.74, 6) is 0.781. The quantitative estimate of drug-likeness (QED) is 0.872. The maximum absolute atomic E-state index is 5.83. The maximum atomic E-state index is 5.83. The van der Waals surface area contributed by atoms with Gasteiger partial charge in [-0.25, -0.2) is 0 Å². The molecule has 2 aromatic rings. The van der Waals surface area contributed by atoms with Crippen LogP contribution in [0.2, 0.25) is 0 Å². The van der Waals surface area contributed by atoms with E-state index < -0.39 is 0 Å². The molecule has 2 aromatic heterocycles. The van der Waals surface area contributed by atoms with Gasteiger partial charge >= 0.3 is 0 Å². The predicted molar refractivity (Wildman–Crippen MR) is 88.2 cm³/mol. The first-order valence-corrected chi connectivity index (χ1v) is 8.10. The van der Waals surface area contributed by atoms with Gasteiger partial charge in [-0.15, -0.1) is 5.10 Å². The lowest BCUT2D eigenvalue weighted by Gasteiger charge is -2.32. The number of nitrogens with one attached hydrogen (secondary N) is 1. The second-order valence-electron chi connectivity index (χ2n) is 6.10. The van der Waals surface area contributed by atoms with Crippen LogP contribution in [0.3, 0.4) is 0 Å². The first-order chi connectivity index (χ1) is 11.2. The van der Waals surface area contributed by atoms with Crippen molar-refractivity contribution < 1.29 is 4.74 Å². The third-order valence-electron chi connectivity index (χ3n) is 3.88. The van der Waals surface area contributed by atoms with Gasteiger partial charge in [0.2, 0.25) is 0 Å². The van der Waals surface area contributed by atoms with Crippen LogP contribution in [0, 0.1) is 0 Å².